The van der Waals surface area contributed by atoms with Crippen LogP contribution in [0.3, 0.4) is 0 Å². The van der Waals surface area contributed by atoms with Gasteiger partial charge in [0.2, 0.25) is 0 Å². The fourth-order valence-corrected chi connectivity index (χ4v) is 3.75. The molecule has 9 nitrogen and oxygen atoms in total. The Kier molecular flexibility index (Phi) is 7.15. The van der Waals surface area contributed by atoms with Crippen LogP contribution in [0.2, 0.25) is 5.02 Å². The monoisotopic (exact) mass is 477 g/mol. The Bertz CT molecular complexity index is 1370. The number of fused-ring (bicyclic) bond motifs is 1. The van der Waals surface area contributed by atoms with E-state index in [1.165, 1.54) is 6.20 Å². The summed E-state index contributed by atoms with van der Waals surface area (Å²) in [6, 6.07) is 9.02. The Hall–Kier alpha value is -3.82. The van der Waals surface area contributed by atoms with E-state index in [1.807, 2.05) is 29.2 Å². The van der Waals surface area contributed by atoms with Crippen molar-refractivity contribution in [2.75, 3.05) is 26.1 Å². The molecule has 10 heteroatoms. The molecule has 0 unspecified atom stereocenters. The third-order valence-corrected chi connectivity index (χ3v) is 5.63. The molecule has 0 fully saturated rings. The Morgan fingerprint density at radius 2 is 2.06 bits per heavy atom. The SMILES string of the molecule is C=NC(=NC)c1ccc(Cl)c(NC(=O)c2cnn3ccc(-c4cnn(CCCOC)c4)cc23)c1. The molecule has 0 aliphatic rings. The van der Waals surface area contributed by atoms with Gasteiger partial charge in [-0.25, -0.2) is 9.51 Å². The van der Waals surface area contributed by atoms with Gasteiger partial charge in [0, 0.05) is 50.8 Å². The second-order valence-electron chi connectivity index (χ2n) is 7.50. The largest absolute Gasteiger partial charge is 0.385 e. The number of carbonyl (C=O) groups excluding carboxylic acids is 1. The summed E-state index contributed by atoms with van der Waals surface area (Å²) in [6.07, 6.45) is 8.01. The van der Waals surface area contributed by atoms with Crippen LogP contribution in [0.25, 0.3) is 16.6 Å². The van der Waals surface area contributed by atoms with Crippen LogP contribution in [0.5, 0.6) is 0 Å². The number of amidine groups is 1. The predicted octanol–water partition coefficient (Wildman–Crippen LogP) is 4.22. The maximum atomic E-state index is 13.1. The number of pyridine rings is 1. The summed E-state index contributed by atoms with van der Waals surface area (Å²) in [6.45, 7) is 4.97. The number of ether oxygens (including phenoxy) is 1. The molecule has 0 bridgehead atoms. The number of carbonyl (C=O) groups is 1. The van der Waals surface area contributed by atoms with Crippen molar-refractivity contribution in [1.82, 2.24) is 19.4 Å². The van der Waals surface area contributed by atoms with Crippen LogP contribution < -0.4 is 5.32 Å². The number of nitrogens with zero attached hydrogens (tertiary/aromatic N) is 6. The molecular weight excluding hydrogens is 454 g/mol. The molecule has 0 aliphatic carbocycles. The summed E-state index contributed by atoms with van der Waals surface area (Å²) in [5.41, 5.74) is 4.11. The second kappa shape index (κ2) is 10.4. The van der Waals surface area contributed by atoms with E-state index in [0.717, 1.165) is 24.1 Å². The van der Waals surface area contributed by atoms with Gasteiger partial charge in [-0.1, -0.05) is 11.6 Å². The minimum Gasteiger partial charge on any atom is -0.385 e. The predicted molar refractivity (Wildman–Crippen MR) is 134 cm³/mol. The number of aromatic nitrogens is 4. The molecule has 0 saturated carbocycles. The smallest absolute Gasteiger partial charge is 0.259 e. The molecule has 174 valence electrons. The molecule has 34 heavy (non-hydrogen) atoms. The zero-order valence-electron chi connectivity index (χ0n) is 18.9. The zero-order chi connectivity index (χ0) is 24.1. The normalized spacial score (nSPS) is 11.7. The van der Waals surface area contributed by atoms with Crippen molar-refractivity contribution >= 4 is 41.3 Å². The van der Waals surface area contributed by atoms with Gasteiger partial charge in [0.25, 0.3) is 5.91 Å². The minimum atomic E-state index is -0.331. The molecule has 0 aliphatic heterocycles. The molecule has 1 N–H and O–H groups in total. The standard InChI is InChI=1S/C24H24ClN7O2/c1-26-23(27-2)17-5-6-20(25)21(11-17)30-24(33)19-14-29-32-9-7-16(12-22(19)32)18-13-28-31(15-18)8-4-10-34-3/h5-7,9,11-15H,1,4,8,10H2,2-3H3,(H,30,33). The average Bonchev–Trinajstić information content (AvgIpc) is 3.49. The van der Waals surface area contributed by atoms with Crippen molar-refractivity contribution in [2.24, 2.45) is 9.98 Å². The molecule has 0 saturated heterocycles. The van der Waals surface area contributed by atoms with Crippen LogP contribution in [-0.2, 0) is 11.3 Å². The van der Waals surface area contributed by atoms with E-state index in [4.69, 9.17) is 16.3 Å². The fourth-order valence-electron chi connectivity index (χ4n) is 3.58. The highest BCUT2D eigenvalue weighted by Gasteiger charge is 2.16. The van der Waals surface area contributed by atoms with Gasteiger partial charge >= 0.3 is 0 Å². The first-order valence-electron chi connectivity index (χ1n) is 10.6. The van der Waals surface area contributed by atoms with Gasteiger partial charge in [0.1, 0.15) is 0 Å². The lowest BCUT2D eigenvalue weighted by Gasteiger charge is -2.09. The quantitative estimate of drug-likeness (QED) is 0.233. The Balaban J connectivity index is 1.60. The van der Waals surface area contributed by atoms with Gasteiger partial charge in [-0.15, -0.1) is 0 Å². The van der Waals surface area contributed by atoms with Crippen molar-refractivity contribution in [3.05, 3.63) is 71.3 Å². The number of methoxy groups -OCH3 is 1. The van der Waals surface area contributed by atoms with Crippen LogP contribution in [0.15, 0.2) is 65.1 Å². The zero-order valence-corrected chi connectivity index (χ0v) is 19.7. The average molecular weight is 478 g/mol. The summed E-state index contributed by atoms with van der Waals surface area (Å²) in [5.74, 6) is 0.124. The summed E-state index contributed by atoms with van der Waals surface area (Å²) >= 11 is 6.33. The number of nitrogens with one attached hydrogen (secondary N) is 1. The van der Waals surface area contributed by atoms with Gasteiger partial charge in [-0.05, 0) is 49.0 Å². The lowest BCUT2D eigenvalue weighted by molar-refractivity contribution is 0.102. The number of benzene rings is 1. The number of aryl methyl sites for hydroxylation is 1. The van der Waals surface area contributed by atoms with Gasteiger partial charge in [0.15, 0.2) is 5.84 Å². The Labute approximate surface area is 201 Å². The van der Waals surface area contributed by atoms with E-state index in [0.29, 0.717) is 39.8 Å². The third kappa shape index (κ3) is 4.90. The number of aliphatic imine (C=N–C) groups is 2. The number of anilines is 1. The lowest BCUT2D eigenvalue weighted by Crippen LogP contribution is -2.12. The Morgan fingerprint density at radius 1 is 1.21 bits per heavy atom. The molecule has 3 heterocycles. The summed E-state index contributed by atoms with van der Waals surface area (Å²) in [4.78, 5) is 21.1. The maximum Gasteiger partial charge on any atom is 0.259 e. The van der Waals surface area contributed by atoms with Crippen molar-refractivity contribution in [1.29, 1.82) is 0 Å². The van der Waals surface area contributed by atoms with Crippen LogP contribution in [-0.4, -0.2) is 58.6 Å². The van der Waals surface area contributed by atoms with Gasteiger partial charge in [-0.3, -0.25) is 14.5 Å². The molecule has 4 aromatic rings. The Morgan fingerprint density at radius 3 is 2.82 bits per heavy atom. The van der Waals surface area contributed by atoms with Crippen molar-refractivity contribution in [2.45, 2.75) is 13.0 Å². The van der Waals surface area contributed by atoms with E-state index in [2.05, 4.69) is 32.2 Å². The van der Waals surface area contributed by atoms with E-state index in [1.54, 1.807) is 43.1 Å². The molecule has 1 amide bonds. The molecule has 0 atom stereocenters. The summed E-state index contributed by atoms with van der Waals surface area (Å²) < 4.78 is 8.63. The lowest BCUT2D eigenvalue weighted by atomic mass is 10.1. The second-order valence-corrected chi connectivity index (χ2v) is 7.90. The highest BCUT2D eigenvalue weighted by Crippen LogP contribution is 2.26. The first-order valence-corrected chi connectivity index (χ1v) is 11.0. The molecule has 3 aromatic heterocycles. The molecule has 1 aromatic carbocycles. The molecular formula is C24H24ClN7O2. The van der Waals surface area contributed by atoms with Crippen LogP contribution >= 0.6 is 11.6 Å². The van der Waals surface area contributed by atoms with Gasteiger partial charge < -0.3 is 10.1 Å². The van der Waals surface area contributed by atoms with Crippen molar-refractivity contribution in [3.63, 3.8) is 0 Å². The first kappa shape index (κ1) is 23.3. The van der Waals surface area contributed by atoms with E-state index in [-0.39, 0.29) is 5.91 Å². The first-order chi connectivity index (χ1) is 16.5. The highest BCUT2D eigenvalue weighted by molar-refractivity contribution is 6.34. The van der Waals surface area contributed by atoms with Crippen molar-refractivity contribution in [3.8, 4) is 11.1 Å². The van der Waals surface area contributed by atoms with Gasteiger partial charge in [-0.2, -0.15) is 10.2 Å². The number of hydrogen-bond donors (Lipinski definition) is 1. The van der Waals surface area contributed by atoms with Crippen LogP contribution in [0, 0.1) is 0 Å². The highest BCUT2D eigenvalue weighted by atomic mass is 35.5. The van der Waals surface area contributed by atoms with E-state index >= 15 is 0 Å². The van der Waals surface area contributed by atoms with Gasteiger partial charge in [0.05, 0.1) is 34.2 Å². The van der Waals surface area contributed by atoms with Crippen LogP contribution in [0.4, 0.5) is 5.69 Å². The van der Waals surface area contributed by atoms with Crippen LogP contribution in [0.1, 0.15) is 22.3 Å². The minimum absolute atomic E-state index is 0.331. The number of amides is 1. The number of hydrogen-bond acceptors (Lipinski definition) is 5. The summed E-state index contributed by atoms with van der Waals surface area (Å²) in [5, 5.41) is 12.0. The maximum absolute atomic E-state index is 13.1. The van der Waals surface area contributed by atoms with E-state index < -0.39 is 0 Å². The molecule has 4 rings (SSSR count). The molecule has 0 spiro atoms. The topological polar surface area (TPSA) is 98.2 Å². The summed E-state index contributed by atoms with van der Waals surface area (Å²) in [7, 11) is 3.31. The van der Waals surface area contributed by atoms with E-state index in [9.17, 15) is 4.79 Å². The molecule has 0 radical (unpaired) electrons. The number of halogens is 1. The third-order valence-electron chi connectivity index (χ3n) is 5.30. The number of rotatable bonds is 8. The fraction of sp³-hybridized carbons (Fsp3) is 0.208. The van der Waals surface area contributed by atoms with Crippen molar-refractivity contribution < 1.29 is 9.53 Å².